The SMILES string of the molecule is CC1C(=O)NC2CC1C2. The van der Waals surface area contributed by atoms with Crippen LogP contribution < -0.4 is 5.32 Å². The monoisotopic (exact) mass is 125 g/mol. The second-order valence-electron chi connectivity index (χ2n) is 3.23. The molecule has 50 valence electrons. The van der Waals surface area contributed by atoms with Crippen molar-refractivity contribution in [1.29, 1.82) is 0 Å². The zero-order valence-corrected chi connectivity index (χ0v) is 5.55. The summed E-state index contributed by atoms with van der Waals surface area (Å²) in [6.45, 7) is 2.02. The Kier molecular flexibility index (Phi) is 0.875. The van der Waals surface area contributed by atoms with Gasteiger partial charge in [0.2, 0.25) is 5.91 Å². The van der Waals surface area contributed by atoms with Crippen LogP contribution in [-0.4, -0.2) is 11.9 Å². The molecule has 0 aromatic heterocycles. The van der Waals surface area contributed by atoms with Crippen molar-refractivity contribution < 1.29 is 4.79 Å². The Morgan fingerprint density at radius 1 is 1.56 bits per heavy atom. The van der Waals surface area contributed by atoms with Gasteiger partial charge in [-0.1, -0.05) is 6.92 Å². The standard InChI is InChI=1S/C7H11NO/c1-4-5-2-6(3-5)8-7(4)9/h4-6H,2-3H2,1H3,(H,8,9). The van der Waals surface area contributed by atoms with Gasteiger partial charge in [-0.15, -0.1) is 0 Å². The summed E-state index contributed by atoms with van der Waals surface area (Å²) >= 11 is 0. The molecule has 3 rings (SSSR count). The fourth-order valence-corrected chi connectivity index (χ4v) is 1.73. The Bertz CT molecular complexity index is 149. The van der Waals surface area contributed by atoms with Crippen molar-refractivity contribution in [2.24, 2.45) is 11.8 Å². The fourth-order valence-electron chi connectivity index (χ4n) is 1.73. The quantitative estimate of drug-likeness (QED) is 0.502. The van der Waals surface area contributed by atoms with Crippen molar-refractivity contribution in [3.05, 3.63) is 0 Å². The summed E-state index contributed by atoms with van der Waals surface area (Å²) < 4.78 is 0. The lowest BCUT2D eigenvalue weighted by atomic mass is 9.69. The van der Waals surface area contributed by atoms with Crippen LogP contribution in [0.15, 0.2) is 0 Å². The molecule has 0 spiro atoms. The minimum absolute atomic E-state index is 0.266. The van der Waals surface area contributed by atoms with Gasteiger partial charge in [0, 0.05) is 12.0 Å². The largest absolute Gasteiger partial charge is 0.353 e. The van der Waals surface area contributed by atoms with Gasteiger partial charge in [0.05, 0.1) is 0 Å². The number of nitrogens with one attached hydrogen (secondary N) is 1. The van der Waals surface area contributed by atoms with E-state index in [1.54, 1.807) is 0 Å². The highest BCUT2D eigenvalue weighted by Gasteiger charge is 2.42. The molecule has 2 saturated heterocycles. The maximum Gasteiger partial charge on any atom is 0.223 e. The Hall–Kier alpha value is -0.530. The van der Waals surface area contributed by atoms with Gasteiger partial charge in [-0.2, -0.15) is 0 Å². The molecule has 2 nitrogen and oxygen atoms in total. The topological polar surface area (TPSA) is 29.1 Å². The lowest BCUT2D eigenvalue weighted by Crippen LogP contribution is -2.56. The molecule has 2 heteroatoms. The predicted molar refractivity (Wildman–Crippen MR) is 33.8 cm³/mol. The van der Waals surface area contributed by atoms with Gasteiger partial charge in [0.15, 0.2) is 0 Å². The van der Waals surface area contributed by atoms with Gasteiger partial charge in [0.25, 0.3) is 0 Å². The number of amides is 1. The highest BCUT2D eigenvalue weighted by Crippen LogP contribution is 2.37. The van der Waals surface area contributed by atoms with Crippen LogP contribution in [0.5, 0.6) is 0 Å². The zero-order chi connectivity index (χ0) is 6.43. The van der Waals surface area contributed by atoms with Gasteiger partial charge in [-0.05, 0) is 18.8 Å². The molecule has 1 unspecified atom stereocenters. The summed E-state index contributed by atoms with van der Waals surface area (Å²) in [5.41, 5.74) is 0. The smallest absolute Gasteiger partial charge is 0.223 e. The van der Waals surface area contributed by atoms with Crippen molar-refractivity contribution >= 4 is 5.91 Å². The summed E-state index contributed by atoms with van der Waals surface area (Å²) in [6.07, 6.45) is 2.46. The second kappa shape index (κ2) is 1.49. The van der Waals surface area contributed by atoms with E-state index in [9.17, 15) is 4.79 Å². The molecule has 2 aliphatic heterocycles. The van der Waals surface area contributed by atoms with Gasteiger partial charge in [-0.3, -0.25) is 4.79 Å². The first-order valence-corrected chi connectivity index (χ1v) is 3.58. The molecule has 1 aliphatic carbocycles. The number of rotatable bonds is 0. The second-order valence-corrected chi connectivity index (χ2v) is 3.23. The van der Waals surface area contributed by atoms with E-state index < -0.39 is 0 Å². The average Bonchev–Trinajstić information content (AvgIpc) is 1.72. The highest BCUT2D eigenvalue weighted by atomic mass is 16.2. The number of piperidine rings is 2. The van der Waals surface area contributed by atoms with Crippen LogP contribution in [-0.2, 0) is 4.79 Å². The van der Waals surface area contributed by atoms with Crippen molar-refractivity contribution in [1.82, 2.24) is 5.32 Å². The molecule has 1 N–H and O–H groups in total. The average molecular weight is 125 g/mol. The van der Waals surface area contributed by atoms with Crippen LogP contribution in [0.2, 0.25) is 0 Å². The van der Waals surface area contributed by atoms with Gasteiger partial charge < -0.3 is 5.32 Å². The van der Waals surface area contributed by atoms with Crippen molar-refractivity contribution in [2.45, 2.75) is 25.8 Å². The minimum Gasteiger partial charge on any atom is -0.353 e. The van der Waals surface area contributed by atoms with Gasteiger partial charge in [0.1, 0.15) is 0 Å². The Morgan fingerprint density at radius 2 is 2.22 bits per heavy atom. The first-order chi connectivity index (χ1) is 4.27. The molecule has 2 bridgehead atoms. The third-order valence-corrected chi connectivity index (χ3v) is 2.64. The minimum atomic E-state index is 0.266. The Morgan fingerprint density at radius 3 is 2.56 bits per heavy atom. The van der Waals surface area contributed by atoms with Crippen LogP contribution in [0.1, 0.15) is 19.8 Å². The molecule has 1 amide bonds. The van der Waals surface area contributed by atoms with E-state index in [2.05, 4.69) is 5.32 Å². The van der Waals surface area contributed by atoms with Crippen LogP contribution in [0.4, 0.5) is 0 Å². The van der Waals surface area contributed by atoms with Crippen LogP contribution in [0.3, 0.4) is 0 Å². The number of carbonyl (C=O) groups is 1. The normalized spacial score (nSPS) is 47.7. The Balaban J connectivity index is 2.12. The summed E-state index contributed by atoms with van der Waals surface area (Å²) in [6, 6.07) is 0.540. The van der Waals surface area contributed by atoms with E-state index >= 15 is 0 Å². The first kappa shape index (κ1) is 5.27. The molecule has 9 heavy (non-hydrogen) atoms. The number of hydrogen-bond acceptors (Lipinski definition) is 1. The third-order valence-electron chi connectivity index (χ3n) is 2.64. The molecule has 2 heterocycles. The van der Waals surface area contributed by atoms with E-state index in [4.69, 9.17) is 0 Å². The molecule has 3 fully saturated rings. The molecule has 0 radical (unpaired) electrons. The molecule has 3 aliphatic rings. The summed E-state index contributed by atoms with van der Waals surface area (Å²) in [5.74, 6) is 1.27. The summed E-state index contributed by atoms with van der Waals surface area (Å²) in [4.78, 5) is 10.9. The van der Waals surface area contributed by atoms with Crippen LogP contribution >= 0.6 is 0 Å². The fraction of sp³-hybridized carbons (Fsp3) is 0.857. The van der Waals surface area contributed by atoms with Crippen molar-refractivity contribution in [2.75, 3.05) is 0 Å². The third kappa shape index (κ3) is 0.590. The van der Waals surface area contributed by atoms with E-state index in [1.807, 2.05) is 6.92 Å². The number of carbonyl (C=O) groups excluding carboxylic acids is 1. The molecule has 0 aromatic rings. The summed E-state index contributed by atoms with van der Waals surface area (Å²) in [5, 5.41) is 2.96. The zero-order valence-electron chi connectivity index (χ0n) is 5.55. The van der Waals surface area contributed by atoms with E-state index in [1.165, 1.54) is 12.8 Å². The number of fused-ring (bicyclic) bond motifs is 2. The lowest BCUT2D eigenvalue weighted by Gasteiger charge is -2.45. The molecule has 1 atom stereocenters. The van der Waals surface area contributed by atoms with Crippen LogP contribution in [0, 0.1) is 11.8 Å². The lowest BCUT2D eigenvalue weighted by molar-refractivity contribution is -0.134. The van der Waals surface area contributed by atoms with Gasteiger partial charge >= 0.3 is 0 Å². The van der Waals surface area contributed by atoms with E-state index in [0.29, 0.717) is 12.0 Å². The molecule has 1 saturated carbocycles. The number of hydrogen-bond donors (Lipinski definition) is 1. The van der Waals surface area contributed by atoms with E-state index in [-0.39, 0.29) is 11.8 Å². The van der Waals surface area contributed by atoms with Crippen molar-refractivity contribution in [3.8, 4) is 0 Å². The molecular weight excluding hydrogens is 114 g/mol. The molecular formula is C7H11NO. The first-order valence-electron chi connectivity index (χ1n) is 3.58. The maximum atomic E-state index is 10.9. The summed E-state index contributed by atoms with van der Waals surface area (Å²) in [7, 11) is 0. The molecule has 0 aromatic carbocycles. The van der Waals surface area contributed by atoms with Gasteiger partial charge in [-0.25, -0.2) is 0 Å². The van der Waals surface area contributed by atoms with Crippen LogP contribution in [0.25, 0.3) is 0 Å². The van der Waals surface area contributed by atoms with Crippen molar-refractivity contribution in [3.63, 3.8) is 0 Å². The Labute approximate surface area is 54.6 Å². The predicted octanol–water partition coefficient (Wildman–Crippen LogP) is 0.531. The van der Waals surface area contributed by atoms with E-state index in [0.717, 1.165) is 0 Å². The maximum absolute atomic E-state index is 10.9. The highest BCUT2D eigenvalue weighted by molar-refractivity contribution is 5.80.